The van der Waals surface area contributed by atoms with Crippen molar-refractivity contribution in [3.05, 3.63) is 42.2 Å². The van der Waals surface area contributed by atoms with E-state index in [2.05, 4.69) is 10.5 Å². The van der Waals surface area contributed by atoms with Crippen LogP contribution in [0.5, 0.6) is 0 Å². The van der Waals surface area contributed by atoms with Gasteiger partial charge >= 0.3 is 0 Å². The van der Waals surface area contributed by atoms with Crippen molar-refractivity contribution in [2.24, 2.45) is 0 Å². The predicted octanol–water partition coefficient (Wildman–Crippen LogP) is 1.39. The lowest BCUT2D eigenvalue weighted by atomic mass is 10.3. The molecule has 0 aliphatic rings. The number of rotatable bonds is 5. The molecule has 0 saturated heterocycles. The molecule has 2 aromatic rings. The van der Waals surface area contributed by atoms with Crippen molar-refractivity contribution in [2.45, 2.75) is 6.92 Å². The molecular formula is C13H15N3O4S. The molecule has 0 bridgehead atoms. The van der Waals surface area contributed by atoms with Gasteiger partial charge in [-0.15, -0.1) is 0 Å². The Balaban J connectivity index is 2.15. The minimum Gasteiger partial charge on any atom is -0.360 e. The number of aromatic nitrogens is 1. The summed E-state index contributed by atoms with van der Waals surface area (Å²) in [6.45, 7) is 1.26. The van der Waals surface area contributed by atoms with Crippen LogP contribution in [0.4, 0.5) is 11.5 Å². The molecule has 0 fully saturated rings. The molecule has 0 unspecified atom stereocenters. The van der Waals surface area contributed by atoms with Crippen LogP contribution >= 0.6 is 0 Å². The number of nitrogens with one attached hydrogen (secondary N) is 1. The summed E-state index contributed by atoms with van der Waals surface area (Å²) in [5.74, 6) is 0.0765. The van der Waals surface area contributed by atoms with Crippen LogP contribution < -0.4 is 9.62 Å². The SMILES string of the molecule is Cc1cc(N(CC(=O)Nc2ccccc2)S(C)(=O)=O)no1. The van der Waals surface area contributed by atoms with Crippen LogP contribution in [-0.4, -0.2) is 32.3 Å². The number of carbonyl (C=O) groups is 1. The van der Waals surface area contributed by atoms with Gasteiger partial charge < -0.3 is 9.84 Å². The summed E-state index contributed by atoms with van der Waals surface area (Å²) >= 11 is 0. The number of sulfonamides is 1. The van der Waals surface area contributed by atoms with Gasteiger partial charge in [0.15, 0.2) is 5.82 Å². The lowest BCUT2D eigenvalue weighted by Gasteiger charge is -2.18. The number of para-hydroxylation sites is 1. The Labute approximate surface area is 122 Å². The lowest BCUT2D eigenvalue weighted by Crippen LogP contribution is -2.37. The first-order valence-electron chi connectivity index (χ1n) is 6.12. The minimum absolute atomic E-state index is 0.0817. The maximum atomic E-state index is 12.0. The summed E-state index contributed by atoms with van der Waals surface area (Å²) < 4.78 is 29.3. The number of hydrogen-bond acceptors (Lipinski definition) is 5. The maximum absolute atomic E-state index is 12.0. The Kier molecular flexibility index (Phi) is 4.27. The van der Waals surface area contributed by atoms with E-state index in [1.807, 2.05) is 6.07 Å². The number of amides is 1. The van der Waals surface area contributed by atoms with Crippen molar-refractivity contribution in [2.75, 3.05) is 22.4 Å². The predicted molar refractivity (Wildman–Crippen MR) is 78.5 cm³/mol. The second kappa shape index (κ2) is 5.96. The third-order valence-electron chi connectivity index (χ3n) is 2.62. The summed E-state index contributed by atoms with van der Waals surface area (Å²) in [7, 11) is -3.64. The van der Waals surface area contributed by atoms with E-state index < -0.39 is 15.9 Å². The number of carbonyl (C=O) groups excluding carboxylic acids is 1. The van der Waals surface area contributed by atoms with Gasteiger partial charge in [0.25, 0.3) is 0 Å². The summed E-state index contributed by atoms with van der Waals surface area (Å²) in [6.07, 6.45) is 1.01. The molecule has 21 heavy (non-hydrogen) atoms. The second-order valence-corrected chi connectivity index (χ2v) is 6.39. The molecule has 1 N–H and O–H groups in total. The Morgan fingerprint density at radius 3 is 2.52 bits per heavy atom. The zero-order valence-corrected chi connectivity index (χ0v) is 12.4. The first-order chi connectivity index (χ1) is 9.86. The molecule has 0 saturated carbocycles. The van der Waals surface area contributed by atoms with E-state index in [1.165, 1.54) is 6.07 Å². The van der Waals surface area contributed by atoms with Crippen LogP contribution in [0.2, 0.25) is 0 Å². The van der Waals surface area contributed by atoms with Crippen LogP contribution in [0, 0.1) is 6.92 Å². The quantitative estimate of drug-likeness (QED) is 0.901. The summed E-state index contributed by atoms with van der Waals surface area (Å²) in [4.78, 5) is 12.0. The normalized spacial score (nSPS) is 11.1. The maximum Gasteiger partial charge on any atom is 0.245 e. The van der Waals surface area contributed by atoms with Gasteiger partial charge in [0, 0.05) is 11.8 Å². The van der Waals surface area contributed by atoms with Gasteiger partial charge in [0.05, 0.1) is 6.26 Å². The first kappa shape index (κ1) is 15.0. The van der Waals surface area contributed by atoms with Gasteiger partial charge in [-0.25, -0.2) is 12.7 Å². The summed E-state index contributed by atoms with van der Waals surface area (Å²) in [5, 5.41) is 6.25. The zero-order valence-electron chi connectivity index (χ0n) is 11.6. The number of hydrogen-bond donors (Lipinski definition) is 1. The molecule has 1 amide bonds. The summed E-state index contributed by atoms with van der Waals surface area (Å²) in [6, 6.07) is 10.2. The van der Waals surface area contributed by atoms with Crippen LogP contribution in [0.25, 0.3) is 0 Å². The van der Waals surface area contributed by atoms with Crippen LogP contribution in [0.3, 0.4) is 0 Å². The highest BCUT2D eigenvalue weighted by molar-refractivity contribution is 7.92. The molecule has 2 rings (SSSR count). The van der Waals surface area contributed by atoms with Crippen molar-refractivity contribution in [1.29, 1.82) is 0 Å². The topological polar surface area (TPSA) is 92.5 Å². The van der Waals surface area contributed by atoms with Gasteiger partial charge in [-0.3, -0.25) is 4.79 Å². The van der Waals surface area contributed by atoms with E-state index in [4.69, 9.17) is 4.52 Å². The molecule has 1 heterocycles. The van der Waals surface area contributed by atoms with Crippen molar-refractivity contribution < 1.29 is 17.7 Å². The Hall–Kier alpha value is -2.35. The molecular weight excluding hydrogens is 294 g/mol. The molecule has 0 spiro atoms. The molecule has 0 atom stereocenters. The number of nitrogens with zero attached hydrogens (tertiary/aromatic N) is 2. The highest BCUT2D eigenvalue weighted by Gasteiger charge is 2.23. The highest BCUT2D eigenvalue weighted by atomic mass is 32.2. The molecule has 0 aliphatic heterocycles. The Morgan fingerprint density at radius 2 is 2.00 bits per heavy atom. The molecule has 0 aliphatic carbocycles. The average molecular weight is 309 g/mol. The molecule has 1 aromatic carbocycles. The minimum atomic E-state index is -3.64. The van der Waals surface area contributed by atoms with Crippen LogP contribution in [-0.2, 0) is 14.8 Å². The monoisotopic (exact) mass is 309 g/mol. The third-order valence-corrected chi connectivity index (χ3v) is 3.73. The fourth-order valence-electron chi connectivity index (χ4n) is 1.69. The van der Waals surface area contributed by atoms with E-state index in [0.29, 0.717) is 11.4 Å². The van der Waals surface area contributed by atoms with Crippen LogP contribution in [0.1, 0.15) is 5.76 Å². The Morgan fingerprint density at radius 1 is 1.33 bits per heavy atom. The van der Waals surface area contributed by atoms with Crippen molar-refractivity contribution in [3.8, 4) is 0 Å². The van der Waals surface area contributed by atoms with E-state index in [9.17, 15) is 13.2 Å². The summed E-state index contributed by atoms with van der Waals surface area (Å²) in [5.41, 5.74) is 0.590. The van der Waals surface area contributed by atoms with Gasteiger partial charge in [-0.1, -0.05) is 23.4 Å². The van der Waals surface area contributed by atoms with Crippen LogP contribution in [0.15, 0.2) is 40.9 Å². The largest absolute Gasteiger partial charge is 0.360 e. The molecule has 1 aromatic heterocycles. The van der Waals surface area contributed by atoms with Crippen molar-refractivity contribution >= 4 is 27.4 Å². The standard InChI is InChI=1S/C13H15N3O4S/c1-10-8-12(15-20-10)16(21(2,18)19)9-13(17)14-11-6-4-3-5-7-11/h3-8H,9H2,1-2H3,(H,14,17). The third kappa shape index (κ3) is 4.06. The van der Waals surface area contributed by atoms with Crippen molar-refractivity contribution in [1.82, 2.24) is 5.16 Å². The second-order valence-electron chi connectivity index (χ2n) is 4.48. The first-order valence-corrected chi connectivity index (χ1v) is 7.97. The molecule has 8 heteroatoms. The van der Waals surface area contributed by atoms with E-state index >= 15 is 0 Å². The number of aryl methyl sites for hydroxylation is 1. The van der Waals surface area contributed by atoms with E-state index in [0.717, 1.165) is 10.6 Å². The molecule has 7 nitrogen and oxygen atoms in total. The van der Waals surface area contributed by atoms with Gasteiger partial charge in [-0.05, 0) is 19.1 Å². The van der Waals surface area contributed by atoms with E-state index in [1.54, 1.807) is 31.2 Å². The lowest BCUT2D eigenvalue weighted by molar-refractivity contribution is -0.114. The highest BCUT2D eigenvalue weighted by Crippen LogP contribution is 2.17. The van der Waals surface area contributed by atoms with Gasteiger partial charge in [-0.2, -0.15) is 0 Å². The number of benzene rings is 1. The number of anilines is 2. The smallest absolute Gasteiger partial charge is 0.245 e. The van der Waals surface area contributed by atoms with Gasteiger partial charge in [0.2, 0.25) is 15.9 Å². The Bertz CT molecular complexity index is 725. The van der Waals surface area contributed by atoms with Crippen molar-refractivity contribution in [3.63, 3.8) is 0 Å². The molecule has 0 radical (unpaired) electrons. The fraction of sp³-hybridized carbons (Fsp3) is 0.231. The fourth-order valence-corrected chi connectivity index (χ4v) is 2.47. The van der Waals surface area contributed by atoms with Gasteiger partial charge in [0.1, 0.15) is 12.3 Å². The van der Waals surface area contributed by atoms with E-state index in [-0.39, 0.29) is 12.4 Å². The average Bonchev–Trinajstić information content (AvgIpc) is 2.82. The molecule has 112 valence electrons. The zero-order chi connectivity index (χ0) is 15.5.